The summed E-state index contributed by atoms with van der Waals surface area (Å²) in [6, 6.07) is 3.16. The van der Waals surface area contributed by atoms with Crippen molar-refractivity contribution in [2.45, 2.75) is 50.6 Å². The van der Waals surface area contributed by atoms with Crippen LogP contribution in [0.1, 0.15) is 39.5 Å². The first-order valence-electron chi connectivity index (χ1n) is 6.53. The molecule has 1 aromatic heterocycles. The van der Waals surface area contributed by atoms with Crippen LogP contribution in [0.25, 0.3) is 0 Å². The van der Waals surface area contributed by atoms with Gasteiger partial charge in [0.1, 0.15) is 0 Å². The lowest BCUT2D eigenvalue weighted by Crippen LogP contribution is -2.39. The minimum Gasteiger partial charge on any atom is -0.396 e. The molecule has 2 rings (SSSR count). The van der Waals surface area contributed by atoms with Crippen molar-refractivity contribution in [3.63, 3.8) is 0 Å². The van der Waals surface area contributed by atoms with Crippen LogP contribution in [0.2, 0.25) is 0 Å². The predicted octanol–water partition coefficient (Wildman–Crippen LogP) is 1.91. The summed E-state index contributed by atoms with van der Waals surface area (Å²) in [7, 11) is -3.61. The number of aromatic nitrogens is 1. The Morgan fingerprint density at radius 1 is 1.37 bits per heavy atom. The van der Waals surface area contributed by atoms with Crippen molar-refractivity contribution in [2.75, 3.05) is 5.73 Å². The Morgan fingerprint density at radius 2 is 2.00 bits per heavy atom. The molecule has 19 heavy (non-hydrogen) atoms. The number of sulfonamides is 1. The number of nitrogens with two attached hydrogens (primary N) is 1. The Balaban J connectivity index is 2.09. The first-order valence-corrected chi connectivity index (χ1v) is 8.01. The molecule has 1 fully saturated rings. The molecule has 0 saturated heterocycles. The highest BCUT2D eigenvalue weighted by Crippen LogP contribution is 2.35. The maximum Gasteiger partial charge on any atom is 0.260 e. The lowest BCUT2D eigenvalue weighted by molar-refractivity contribution is 0.218. The zero-order valence-electron chi connectivity index (χ0n) is 11.4. The van der Waals surface area contributed by atoms with Gasteiger partial charge in [0, 0.05) is 12.2 Å². The number of nitrogens with one attached hydrogen (secondary N) is 1. The van der Waals surface area contributed by atoms with Crippen molar-refractivity contribution in [3.05, 3.63) is 18.3 Å². The minimum atomic E-state index is -3.61. The molecule has 0 amide bonds. The van der Waals surface area contributed by atoms with Gasteiger partial charge in [-0.2, -0.15) is 0 Å². The molecule has 0 aromatic carbocycles. The van der Waals surface area contributed by atoms with Gasteiger partial charge in [0.25, 0.3) is 10.0 Å². The van der Waals surface area contributed by atoms with E-state index >= 15 is 0 Å². The maximum absolute atomic E-state index is 12.2. The monoisotopic (exact) mass is 283 g/mol. The highest BCUT2D eigenvalue weighted by Gasteiger charge is 2.30. The van der Waals surface area contributed by atoms with Gasteiger partial charge in [0.15, 0.2) is 5.03 Å². The highest BCUT2D eigenvalue weighted by molar-refractivity contribution is 7.89. The summed E-state index contributed by atoms with van der Waals surface area (Å²) in [6.45, 7) is 4.43. The molecule has 5 nitrogen and oxygen atoms in total. The first-order chi connectivity index (χ1) is 8.80. The fourth-order valence-corrected chi connectivity index (χ4v) is 3.78. The van der Waals surface area contributed by atoms with E-state index in [-0.39, 0.29) is 16.8 Å². The fraction of sp³-hybridized carbons (Fsp3) is 0.615. The first kappa shape index (κ1) is 14.3. The Bertz CT molecular complexity index is 545. The van der Waals surface area contributed by atoms with Crippen LogP contribution in [0.5, 0.6) is 0 Å². The number of rotatable bonds is 3. The molecule has 0 bridgehead atoms. The Kier molecular flexibility index (Phi) is 3.82. The summed E-state index contributed by atoms with van der Waals surface area (Å²) in [5.74, 6) is 0. The van der Waals surface area contributed by atoms with E-state index in [0.717, 1.165) is 25.7 Å². The minimum absolute atomic E-state index is 0.0144. The van der Waals surface area contributed by atoms with Gasteiger partial charge >= 0.3 is 0 Å². The molecule has 1 saturated carbocycles. The van der Waals surface area contributed by atoms with Crippen molar-refractivity contribution < 1.29 is 8.42 Å². The van der Waals surface area contributed by atoms with Gasteiger partial charge < -0.3 is 5.73 Å². The summed E-state index contributed by atoms with van der Waals surface area (Å²) in [6.07, 6.45) is 5.21. The lowest BCUT2D eigenvalue weighted by Gasteiger charge is -2.34. The number of anilines is 1. The van der Waals surface area contributed by atoms with Gasteiger partial charge in [-0.25, -0.2) is 18.1 Å². The molecular formula is C13H21N3O2S. The molecule has 1 aromatic rings. The van der Waals surface area contributed by atoms with Crippen LogP contribution < -0.4 is 10.5 Å². The molecule has 0 radical (unpaired) electrons. The van der Waals surface area contributed by atoms with E-state index in [9.17, 15) is 8.42 Å². The topological polar surface area (TPSA) is 85.1 Å². The third-order valence-corrected chi connectivity index (χ3v) is 5.21. The third kappa shape index (κ3) is 3.45. The molecule has 0 aliphatic heterocycles. The van der Waals surface area contributed by atoms with E-state index in [0.29, 0.717) is 5.41 Å². The van der Waals surface area contributed by atoms with E-state index in [2.05, 4.69) is 23.6 Å². The number of hydrogen-bond donors (Lipinski definition) is 2. The lowest BCUT2D eigenvalue weighted by atomic mass is 9.76. The number of nitrogen functional groups attached to an aromatic ring is 1. The van der Waals surface area contributed by atoms with E-state index < -0.39 is 10.0 Å². The average Bonchev–Trinajstić information content (AvgIpc) is 2.32. The van der Waals surface area contributed by atoms with Crippen molar-refractivity contribution in [1.82, 2.24) is 9.71 Å². The van der Waals surface area contributed by atoms with E-state index in [1.54, 1.807) is 12.1 Å². The number of nitrogens with zero attached hydrogens (tertiary/aromatic N) is 1. The fourth-order valence-electron chi connectivity index (χ4n) is 2.42. The van der Waals surface area contributed by atoms with Gasteiger partial charge in [0.2, 0.25) is 0 Å². The SMILES string of the molecule is CC1(C)CCC(NS(=O)(=O)c2ncccc2N)CC1. The largest absolute Gasteiger partial charge is 0.396 e. The smallest absolute Gasteiger partial charge is 0.260 e. The van der Waals surface area contributed by atoms with Crippen LogP contribution in [-0.2, 0) is 10.0 Å². The molecule has 1 aliphatic carbocycles. The van der Waals surface area contributed by atoms with Crippen LogP contribution >= 0.6 is 0 Å². The molecule has 0 unspecified atom stereocenters. The van der Waals surface area contributed by atoms with Crippen LogP contribution in [0.3, 0.4) is 0 Å². The van der Waals surface area contributed by atoms with Crippen molar-refractivity contribution in [2.24, 2.45) is 5.41 Å². The van der Waals surface area contributed by atoms with Crippen LogP contribution in [0, 0.1) is 5.41 Å². The Labute approximate surface area is 114 Å². The second kappa shape index (κ2) is 5.09. The molecule has 0 atom stereocenters. The summed E-state index contributed by atoms with van der Waals surface area (Å²) >= 11 is 0. The second-order valence-electron chi connectivity index (χ2n) is 5.96. The quantitative estimate of drug-likeness (QED) is 0.887. The average molecular weight is 283 g/mol. The number of pyridine rings is 1. The van der Waals surface area contributed by atoms with E-state index in [4.69, 9.17) is 5.73 Å². The molecule has 1 heterocycles. The van der Waals surface area contributed by atoms with Crippen molar-refractivity contribution in [3.8, 4) is 0 Å². The standard InChI is InChI=1S/C13H21N3O2S/c1-13(2)7-5-10(6-8-13)16-19(17,18)12-11(14)4-3-9-15-12/h3-4,9-10,16H,5-8,14H2,1-2H3. The molecule has 106 valence electrons. The van der Waals surface area contributed by atoms with Crippen molar-refractivity contribution >= 4 is 15.7 Å². The zero-order chi connectivity index (χ0) is 14.1. The van der Waals surface area contributed by atoms with Gasteiger partial charge in [0.05, 0.1) is 5.69 Å². The van der Waals surface area contributed by atoms with Gasteiger partial charge in [-0.1, -0.05) is 13.8 Å². The summed E-state index contributed by atoms with van der Waals surface area (Å²) in [4.78, 5) is 3.87. The van der Waals surface area contributed by atoms with Crippen molar-refractivity contribution in [1.29, 1.82) is 0 Å². The molecule has 3 N–H and O–H groups in total. The van der Waals surface area contributed by atoms with Crippen LogP contribution in [0.15, 0.2) is 23.4 Å². The molecule has 6 heteroatoms. The van der Waals surface area contributed by atoms with E-state index in [1.165, 1.54) is 6.20 Å². The van der Waals surface area contributed by atoms with Gasteiger partial charge in [-0.05, 0) is 43.2 Å². The predicted molar refractivity (Wildman–Crippen MR) is 75.0 cm³/mol. The Hall–Kier alpha value is -1.14. The zero-order valence-corrected chi connectivity index (χ0v) is 12.2. The number of hydrogen-bond acceptors (Lipinski definition) is 4. The molecule has 1 aliphatic rings. The maximum atomic E-state index is 12.2. The summed E-state index contributed by atoms with van der Waals surface area (Å²) < 4.78 is 27.2. The summed E-state index contributed by atoms with van der Waals surface area (Å²) in [5.41, 5.74) is 6.17. The van der Waals surface area contributed by atoms with Crippen LogP contribution in [0.4, 0.5) is 5.69 Å². The highest BCUT2D eigenvalue weighted by atomic mass is 32.2. The second-order valence-corrected chi connectivity index (χ2v) is 7.59. The van der Waals surface area contributed by atoms with E-state index in [1.807, 2.05) is 0 Å². The van der Waals surface area contributed by atoms with Gasteiger partial charge in [-0.3, -0.25) is 0 Å². The molecular weight excluding hydrogens is 262 g/mol. The molecule has 0 spiro atoms. The normalized spacial score (nSPS) is 20.3. The Morgan fingerprint density at radius 3 is 2.58 bits per heavy atom. The van der Waals surface area contributed by atoms with Crippen LogP contribution in [-0.4, -0.2) is 19.4 Å². The third-order valence-electron chi connectivity index (χ3n) is 3.72. The van der Waals surface area contributed by atoms with Gasteiger partial charge in [-0.15, -0.1) is 0 Å². The summed E-state index contributed by atoms with van der Waals surface area (Å²) in [5, 5.41) is -0.0696.